The van der Waals surface area contributed by atoms with Gasteiger partial charge in [0.15, 0.2) is 0 Å². The first kappa shape index (κ1) is 12.4. The Hall–Kier alpha value is -0.0800. The molecule has 0 radical (unpaired) electrons. The normalized spacial score (nSPS) is 30.4. The molecule has 1 saturated heterocycles. The molecular weight excluding hydrogens is 196 g/mol. The van der Waals surface area contributed by atoms with Gasteiger partial charge in [0.25, 0.3) is 0 Å². The molecule has 1 aliphatic carbocycles. The second-order valence-electron chi connectivity index (χ2n) is 7.16. The van der Waals surface area contributed by atoms with Crippen molar-refractivity contribution in [3.8, 4) is 0 Å². The van der Waals surface area contributed by atoms with E-state index in [1.54, 1.807) is 0 Å². The lowest BCUT2D eigenvalue weighted by molar-refractivity contribution is 0.115. The number of hydrogen-bond acceptors (Lipinski definition) is 2. The van der Waals surface area contributed by atoms with Gasteiger partial charge in [-0.25, -0.2) is 0 Å². The first-order valence-electron chi connectivity index (χ1n) is 6.87. The summed E-state index contributed by atoms with van der Waals surface area (Å²) in [4.78, 5) is 0. The number of nitrogens with one attached hydrogen (secondary N) is 2. The van der Waals surface area contributed by atoms with Crippen molar-refractivity contribution in [2.24, 2.45) is 11.3 Å². The molecule has 2 N–H and O–H groups in total. The summed E-state index contributed by atoms with van der Waals surface area (Å²) in [6.07, 6.45) is 5.60. The molecule has 94 valence electrons. The summed E-state index contributed by atoms with van der Waals surface area (Å²) in [6.45, 7) is 11.8. The van der Waals surface area contributed by atoms with Crippen LogP contribution < -0.4 is 10.6 Å². The zero-order valence-electron chi connectivity index (χ0n) is 11.4. The Kier molecular flexibility index (Phi) is 3.33. The van der Waals surface area contributed by atoms with Crippen LogP contribution in [0.25, 0.3) is 0 Å². The molecule has 0 spiro atoms. The standard InChI is InChI=1S/C14H28N2/c1-13(2,11-6-5-7-11)10-15-12-8-14(3,4)16-9-12/h11-12,15-16H,5-10H2,1-4H3. The van der Waals surface area contributed by atoms with E-state index in [4.69, 9.17) is 0 Å². The SMILES string of the molecule is CC1(C)CC(NCC(C)(C)C2CCC2)CN1. The van der Waals surface area contributed by atoms with E-state index in [-0.39, 0.29) is 0 Å². The summed E-state index contributed by atoms with van der Waals surface area (Å²) in [6, 6.07) is 0.675. The summed E-state index contributed by atoms with van der Waals surface area (Å²) in [5, 5.41) is 7.34. The number of hydrogen-bond donors (Lipinski definition) is 2. The van der Waals surface area contributed by atoms with Crippen LogP contribution in [0.3, 0.4) is 0 Å². The molecule has 2 heteroatoms. The van der Waals surface area contributed by atoms with E-state index >= 15 is 0 Å². The van der Waals surface area contributed by atoms with Crippen LogP contribution in [-0.2, 0) is 0 Å². The van der Waals surface area contributed by atoms with E-state index in [1.807, 2.05) is 0 Å². The van der Waals surface area contributed by atoms with Crippen molar-refractivity contribution in [2.45, 2.75) is 65.0 Å². The van der Waals surface area contributed by atoms with E-state index in [1.165, 1.54) is 32.2 Å². The highest BCUT2D eigenvalue weighted by molar-refractivity contribution is 4.95. The first-order chi connectivity index (χ1) is 7.39. The van der Waals surface area contributed by atoms with E-state index in [0.29, 0.717) is 17.0 Å². The zero-order chi connectivity index (χ0) is 11.8. The summed E-state index contributed by atoms with van der Waals surface area (Å²) >= 11 is 0. The van der Waals surface area contributed by atoms with Gasteiger partial charge in [0.1, 0.15) is 0 Å². The second-order valence-corrected chi connectivity index (χ2v) is 7.16. The maximum Gasteiger partial charge on any atom is 0.0210 e. The van der Waals surface area contributed by atoms with Crippen LogP contribution in [0.5, 0.6) is 0 Å². The quantitative estimate of drug-likeness (QED) is 0.767. The Bertz CT molecular complexity index is 241. The lowest BCUT2D eigenvalue weighted by Gasteiger charge is -2.41. The molecule has 0 amide bonds. The summed E-state index contributed by atoms with van der Waals surface area (Å²) in [5.74, 6) is 0.961. The molecule has 1 atom stereocenters. The Balaban J connectivity index is 1.75. The fraction of sp³-hybridized carbons (Fsp3) is 1.00. The molecule has 0 bridgehead atoms. The Morgan fingerprint density at radius 3 is 2.44 bits per heavy atom. The van der Waals surface area contributed by atoms with Gasteiger partial charge in [-0.15, -0.1) is 0 Å². The van der Waals surface area contributed by atoms with Gasteiger partial charge in [-0.1, -0.05) is 20.3 Å². The molecule has 1 heterocycles. The Labute approximate surface area is 101 Å². The van der Waals surface area contributed by atoms with Crippen LogP contribution in [0.4, 0.5) is 0 Å². The fourth-order valence-corrected chi connectivity index (χ4v) is 3.05. The minimum atomic E-state index is 0.332. The second kappa shape index (κ2) is 4.30. The average Bonchev–Trinajstić information content (AvgIpc) is 2.38. The molecule has 1 aliphatic heterocycles. The minimum Gasteiger partial charge on any atom is -0.312 e. The van der Waals surface area contributed by atoms with Crippen molar-refractivity contribution < 1.29 is 0 Å². The van der Waals surface area contributed by atoms with Crippen LogP contribution in [0.1, 0.15) is 53.4 Å². The van der Waals surface area contributed by atoms with Gasteiger partial charge >= 0.3 is 0 Å². The topological polar surface area (TPSA) is 24.1 Å². The van der Waals surface area contributed by atoms with Crippen LogP contribution in [0.2, 0.25) is 0 Å². The highest BCUT2D eigenvalue weighted by Gasteiger charge is 2.35. The van der Waals surface area contributed by atoms with Gasteiger partial charge in [0, 0.05) is 24.7 Å². The van der Waals surface area contributed by atoms with E-state index in [2.05, 4.69) is 38.3 Å². The minimum absolute atomic E-state index is 0.332. The molecule has 16 heavy (non-hydrogen) atoms. The van der Waals surface area contributed by atoms with Gasteiger partial charge in [0.05, 0.1) is 0 Å². The first-order valence-corrected chi connectivity index (χ1v) is 6.87. The molecule has 0 aromatic heterocycles. The molecule has 2 rings (SSSR count). The third kappa shape index (κ3) is 2.78. The fourth-order valence-electron chi connectivity index (χ4n) is 3.05. The van der Waals surface area contributed by atoms with Crippen molar-refractivity contribution in [2.75, 3.05) is 13.1 Å². The highest BCUT2D eigenvalue weighted by atomic mass is 15.1. The molecule has 1 saturated carbocycles. The van der Waals surface area contributed by atoms with Crippen molar-refractivity contribution >= 4 is 0 Å². The molecular formula is C14H28N2. The van der Waals surface area contributed by atoms with Crippen molar-refractivity contribution in [3.05, 3.63) is 0 Å². The van der Waals surface area contributed by atoms with Gasteiger partial charge in [-0.2, -0.15) is 0 Å². The Morgan fingerprint density at radius 2 is 2.00 bits per heavy atom. The van der Waals surface area contributed by atoms with Gasteiger partial charge in [0.2, 0.25) is 0 Å². The highest BCUT2D eigenvalue weighted by Crippen LogP contribution is 2.41. The van der Waals surface area contributed by atoms with Crippen molar-refractivity contribution in [1.29, 1.82) is 0 Å². The van der Waals surface area contributed by atoms with Gasteiger partial charge in [-0.3, -0.25) is 0 Å². The summed E-state index contributed by atoms with van der Waals surface area (Å²) in [7, 11) is 0. The lowest BCUT2D eigenvalue weighted by Crippen LogP contribution is -2.43. The monoisotopic (exact) mass is 224 g/mol. The molecule has 0 aromatic carbocycles. The van der Waals surface area contributed by atoms with E-state index < -0.39 is 0 Å². The van der Waals surface area contributed by atoms with E-state index in [9.17, 15) is 0 Å². The third-order valence-corrected chi connectivity index (χ3v) is 4.64. The summed E-state index contributed by atoms with van der Waals surface area (Å²) < 4.78 is 0. The maximum absolute atomic E-state index is 3.76. The van der Waals surface area contributed by atoms with Crippen LogP contribution in [0.15, 0.2) is 0 Å². The smallest absolute Gasteiger partial charge is 0.0210 e. The van der Waals surface area contributed by atoms with Gasteiger partial charge in [-0.05, 0) is 44.4 Å². The maximum atomic E-state index is 3.76. The van der Waals surface area contributed by atoms with Crippen molar-refractivity contribution in [3.63, 3.8) is 0 Å². The lowest BCUT2D eigenvalue weighted by atomic mass is 9.67. The molecule has 0 aromatic rings. The predicted octanol–water partition coefficient (Wildman–Crippen LogP) is 2.54. The van der Waals surface area contributed by atoms with Crippen LogP contribution in [0, 0.1) is 11.3 Å². The zero-order valence-corrected chi connectivity index (χ0v) is 11.4. The van der Waals surface area contributed by atoms with Crippen LogP contribution in [-0.4, -0.2) is 24.7 Å². The molecule has 2 aliphatic rings. The number of rotatable bonds is 4. The van der Waals surface area contributed by atoms with Gasteiger partial charge < -0.3 is 10.6 Å². The molecule has 2 fully saturated rings. The van der Waals surface area contributed by atoms with E-state index in [0.717, 1.165) is 12.5 Å². The third-order valence-electron chi connectivity index (χ3n) is 4.64. The molecule has 2 nitrogen and oxygen atoms in total. The Morgan fingerprint density at radius 1 is 1.31 bits per heavy atom. The van der Waals surface area contributed by atoms with Crippen molar-refractivity contribution in [1.82, 2.24) is 10.6 Å². The summed E-state index contributed by atoms with van der Waals surface area (Å²) in [5.41, 5.74) is 0.823. The largest absolute Gasteiger partial charge is 0.312 e. The van der Waals surface area contributed by atoms with Crippen LogP contribution >= 0.6 is 0 Å². The predicted molar refractivity (Wildman–Crippen MR) is 69.6 cm³/mol. The average molecular weight is 224 g/mol. The molecule has 1 unspecified atom stereocenters.